The number of hydroxylamine groups is 3. The average Bonchev–Trinajstić information content (AvgIpc) is 2.98. The van der Waals surface area contributed by atoms with Crippen LogP contribution in [0.5, 0.6) is 0 Å². The van der Waals surface area contributed by atoms with E-state index in [1.807, 2.05) is 30.3 Å². The van der Waals surface area contributed by atoms with Gasteiger partial charge in [-0.3, -0.25) is 14.5 Å². The van der Waals surface area contributed by atoms with Crippen molar-refractivity contribution < 1.29 is 19.3 Å². The summed E-state index contributed by atoms with van der Waals surface area (Å²) in [5, 5.41) is 4.77. The molecule has 2 N–H and O–H groups in total. The van der Waals surface area contributed by atoms with Gasteiger partial charge in [0, 0.05) is 13.1 Å². The van der Waals surface area contributed by atoms with Crippen LogP contribution in [-0.2, 0) is 21.1 Å². The monoisotopic (exact) mass is 388 g/mol. The molecule has 3 atom stereocenters. The van der Waals surface area contributed by atoms with Crippen LogP contribution in [0.15, 0.2) is 30.3 Å². The molecule has 8 heteroatoms. The van der Waals surface area contributed by atoms with Gasteiger partial charge in [0.15, 0.2) is 0 Å². The van der Waals surface area contributed by atoms with Crippen LogP contribution in [0.2, 0.25) is 0 Å². The summed E-state index contributed by atoms with van der Waals surface area (Å²) in [5.74, 6) is 0.167. The number of fused-ring (bicyclic) bond motifs is 2. The summed E-state index contributed by atoms with van der Waals surface area (Å²) in [6.07, 6.45) is 3.59. The van der Waals surface area contributed by atoms with Gasteiger partial charge in [-0.15, -0.1) is 0 Å². The second-order valence-electron chi connectivity index (χ2n) is 7.76. The first-order valence-electron chi connectivity index (χ1n) is 10.1. The minimum absolute atomic E-state index is 0.00510. The highest BCUT2D eigenvalue weighted by atomic mass is 16.7. The molecule has 0 saturated carbocycles. The summed E-state index contributed by atoms with van der Waals surface area (Å²) in [6.45, 7) is 3.31. The van der Waals surface area contributed by atoms with Crippen molar-refractivity contribution in [2.24, 2.45) is 5.92 Å². The highest BCUT2D eigenvalue weighted by Crippen LogP contribution is 2.30. The van der Waals surface area contributed by atoms with Gasteiger partial charge < -0.3 is 10.2 Å². The number of hydrogen-bond donors (Lipinski definition) is 2. The number of urea groups is 1. The SMILES string of the molecule is O=C(NOC[C@@H]1CCCNC1)[C@@H]1CC[C@@H]2CN1C(=O)N2OCc1ccccc1. The molecule has 0 unspecified atom stereocenters. The molecule has 1 aromatic rings. The summed E-state index contributed by atoms with van der Waals surface area (Å²) < 4.78 is 0. The topological polar surface area (TPSA) is 83.1 Å². The Labute approximate surface area is 165 Å². The smallest absolute Gasteiger partial charge is 0.316 e. The first-order valence-corrected chi connectivity index (χ1v) is 10.1. The lowest BCUT2D eigenvalue weighted by molar-refractivity contribution is -0.141. The zero-order chi connectivity index (χ0) is 19.3. The Morgan fingerprint density at radius 1 is 1.21 bits per heavy atom. The van der Waals surface area contributed by atoms with Gasteiger partial charge in [0.1, 0.15) is 12.6 Å². The van der Waals surface area contributed by atoms with Gasteiger partial charge in [-0.1, -0.05) is 30.3 Å². The minimum atomic E-state index is -0.501. The molecule has 1 aromatic carbocycles. The van der Waals surface area contributed by atoms with Gasteiger partial charge in [-0.05, 0) is 43.7 Å². The average molecular weight is 388 g/mol. The lowest BCUT2D eigenvalue weighted by Crippen LogP contribution is -2.50. The molecule has 152 valence electrons. The Bertz CT molecular complexity index is 680. The maximum atomic E-state index is 12.7. The second kappa shape index (κ2) is 8.89. The number of piperidine rings is 2. The minimum Gasteiger partial charge on any atom is -0.316 e. The lowest BCUT2D eigenvalue weighted by Gasteiger charge is -2.29. The quantitative estimate of drug-likeness (QED) is 0.691. The van der Waals surface area contributed by atoms with Crippen molar-refractivity contribution in [1.29, 1.82) is 0 Å². The van der Waals surface area contributed by atoms with Gasteiger partial charge in [-0.25, -0.2) is 10.3 Å². The lowest BCUT2D eigenvalue weighted by atomic mass is 10.0. The highest BCUT2D eigenvalue weighted by Gasteiger charge is 2.48. The fraction of sp³-hybridized carbons (Fsp3) is 0.600. The Hall–Kier alpha value is -2.16. The van der Waals surface area contributed by atoms with E-state index < -0.39 is 6.04 Å². The van der Waals surface area contributed by atoms with Crippen molar-refractivity contribution in [3.63, 3.8) is 0 Å². The van der Waals surface area contributed by atoms with E-state index in [4.69, 9.17) is 9.68 Å². The van der Waals surface area contributed by atoms with E-state index in [9.17, 15) is 9.59 Å². The molecule has 2 bridgehead atoms. The summed E-state index contributed by atoms with van der Waals surface area (Å²) in [4.78, 5) is 38.1. The molecule has 4 rings (SSSR count). The van der Waals surface area contributed by atoms with E-state index >= 15 is 0 Å². The zero-order valence-electron chi connectivity index (χ0n) is 16.0. The number of amides is 3. The van der Waals surface area contributed by atoms with E-state index in [0.29, 0.717) is 32.1 Å². The maximum Gasteiger partial charge on any atom is 0.345 e. The fourth-order valence-electron chi connectivity index (χ4n) is 4.15. The third-order valence-electron chi connectivity index (χ3n) is 5.73. The first kappa shape index (κ1) is 19.2. The van der Waals surface area contributed by atoms with Gasteiger partial charge in [0.05, 0.1) is 12.6 Å². The number of nitrogens with one attached hydrogen (secondary N) is 2. The molecule has 3 fully saturated rings. The molecule has 3 aliphatic heterocycles. The number of benzene rings is 1. The van der Waals surface area contributed by atoms with Crippen LogP contribution >= 0.6 is 0 Å². The fourth-order valence-corrected chi connectivity index (χ4v) is 4.15. The van der Waals surface area contributed by atoms with Crippen LogP contribution in [-0.4, -0.2) is 60.2 Å². The van der Waals surface area contributed by atoms with Crippen molar-refractivity contribution >= 4 is 11.9 Å². The van der Waals surface area contributed by atoms with Crippen LogP contribution in [0.4, 0.5) is 4.79 Å². The maximum absolute atomic E-state index is 12.7. The summed E-state index contributed by atoms with van der Waals surface area (Å²) in [7, 11) is 0. The van der Waals surface area contributed by atoms with Crippen LogP contribution in [0.3, 0.4) is 0 Å². The zero-order valence-corrected chi connectivity index (χ0v) is 16.0. The molecule has 0 aliphatic carbocycles. The predicted molar refractivity (Wildman–Crippen MR) is 102 cm³/mol. The molecule has 3 aliphatic rings. The van der Waals surface area contributed by atoms with Crippen molar-refractivity contribution in [3.05, 3.63) is 35.9 Å². The van der Waals surface area contributed by atoms with Crippen LogP contribution < -0.4 is 10.8 Å². The van der Waals surface area contributed by atoms with Crippen LogP contribution in [0.1, 0.15) is 31.2 Å². The van der Waals surface area contributed by atoms with Gasteiger partial charge in [0.25, 0.3) is 5.91 Å². The Morgan fingerprint density at radius 3 is 2.86 bits per heavy atom. The Morgan fingerprint density at radius 2 is 2.07 bits per heavy atom. The first-order chi connectivity index (χ1) is 13.7. The number of hydrogen-bond acceptors (Lipinski definition) is 5. The van der Waals surface area contributed by atoms with Crippen molar-refractivity contribution in [3.8, 4) is 0 Å². The van der Waals surface area contributed by atoms with E-state index in [1.165, 1.54) is 5.06 Å². The molecule has 0 spiro atoms. The van der Waals surface area contributed by atoms with Gasteiger partial charge >= 0.3 is 6.03 Å². The van der Waals surface area contributed by atoms with E-state index in [0.717, 1.165) is 37.9 Å². The van der Waals surface area contributed by atoms with Crippen LogP contribution in [0, 0.1) is 5.92 Å². The standard InChI is InChI=1S/C20H28N4O4/c25-19(22-27-13-16-7-4-10-21-11-16)18-9-8-17-12-23(18)20(26)24(17)28-14-15-5-2-1-3-6-15/h1-3,5-6,16-18,21H,4,7-14H2,(H,22,25)/t16-,17-,18+/m1/s1. The van der Waals surface area contributed by atoms with Crippen molar-refractivity contribution in [2.75, 3.05) is 26.2 Å². The van der Waals surface area contributed by atoms with Crippen LogP contribution in [0.25, 0.3) is 0 Å². The predicted octanol–water partition coefficient (Wildman–Crippen LogP) is 1.43. The molecule has 28 heavy (non-hydrogen) atoms. The highest BCUT2D eigenvalue weighted by molar-refractivity contribution is 5.88. The van der Waals surface area contributed by atoms with E-state index in [1.54, 1.807) is 4.90 Å². The van der Waals surface area contributed by atoms with Crippen molar-refractivity contribution in [1.82, 2.24) is 20.8 Å². The summed E-state index contributed by atoms with van der Waals surface area (Å²) in [6, 6.07) is 9.00. The third kappa shape index (κ3) is 4.29. The summed E-state index contributed by atoms with van der Waals surface area (Å²) in [5.41, 5.74) is 3.56. The van der Waals surface area contributed by atoms with E-state index in [2.05, 4.69) is 10.8 Å². The van der Waals surface area contributed by atoms with Gasteiger partial charge in [0.2, 0.25) is 0 Å². The molecule has 0 aromatic heterocycles. The third-order valence-corrected chi connectivity index (χ3v) is 5.73. The molecule has 8 nitrogen and oxygen atoms in total. The summed E-state index contributed by atoms with van der Waals surface area (Å²) >= 11 is 0. The number of nitrogens with zero attached hydrogens (tertiary/aromatic N) is 2. The number of carbonyl (C=O) groups excluding carboxylic acids is 2. The largest absolute Gasteiger partial charge is 0.345 e. The number of rotatable bonds is 7. The number of carbonyl (C=O) groups is 2. The molecule has 3 heterocycles. The normalized spacial score (nSPS) is 27.1. The molecule has 0 radical (unpaired) electrons. The Balaban J connectivity index is 1.26. The second-order valence-corrected chi connectivity index (χ2v) is 7.76. The van der Waals surface area contributed by atoms with Gasteiger partial charge in [-0.2, -0.15) is 5.06 Å². The van der Waals surface area contributed by atoms with Crippen molar-refractivity contribution in [2.45, 2.75) is 44.4 Å². The Kier molecular flexibility index (Phi) is 6.09. The molecular formula is C20H28N4O4. The molecular weight excluding hydrogens is 360 g/mol. The molecule has 3 saturated heterocycles. The van der Waals surface area contributed by atoms with E-state index in [-0.39, 0.29) is 18.0 Å². The molecule has 3 amide bonds.